The van der Waals surface area contributed by atoms with E-state index in [1.54, 1.807) is 38.1 Å². The summed E-state index contributed by atoms with van der Waals surface area (Å²) >= 11 is 0. The second-order valence-corrected chi connectivity index (χ2v) is 9.71. The maximum Gasteiger partial charge on any atom is 0.268 e. The van der Waals surface area contributed by atoms with Crippen molar-refractivity contribution in [2.24, 2.45) is 23.5 Å². The molecule has 1 aliphatic heterocycles. The zero-order valence-corrected chi connectivity index (χ0v) is 19.3. The molecule has 3 heterocycles. The number of anilines is 4. The Hall–Kier alpha value is -4.48. The lowest BCUT2D eigenvalue weighted by Gasteiger charge is -2.31. The first-order valence-corrected chi connectivity index (χ1v) is 11.4. The van der Waals surface area contributed by atoms with Crippen molar-refractivity contribution in [2.45, 2.75) is 31.9 Å². The number of nitrogens with zero attached hydrogens (tertiary/aromatic N) is 2. The summed E-state index contributed by atoms with van der Waals surface area (Å²) in [5.74, 6) is -3.17. The third-order valence-corrected chi connectivity index (χ3v) is 7.01. The fraction of sp³-hybridized carbons (Fsp3) is 0.333. The number of nitrogens with two attached hydrogens (primary N) is 1. The quantitative estimate of drug-likeness (QED) is 0.385. The summed E-state index contributed by atoms with van der Waals surface area (Å²) in [6.07, 6.45) is 1.73. The Morgan fingerprint density at radius 1 is 1.14 bits per heavy atom. The Morgan fingerprint density at radius 3 is 2.69 bits per heavy atom. The number of rotatable bonds is 5. The second kappa shape index (κ2) is 7.51. The summed E-state index contributed by atoms with van der Waals surface area (Å²) in [4.78, 5) is 58.0. The average molecular weight is 490 g/mol. The van der Waals surface area contributed by atoms with Crippen molar-refractivity contribution >= 4 is 57.6 Å². The maximum absolute atomic E-state index is 12.4. The Morgan fingerprint density at radius 2 is 1.92 bits per heavy atom. The molecule has 0 radical (unpaired) electrons. The van der Waals surface area contributed by atoms with Crippen molar-refractivity contribution in [1.29, 1.82) is 0 Å². The molecule has 1 aromatic carbocycles. The predicted octanol–water partition coefficient (Wildman–Crippen LogP) is 1.75. The molecule has 36 heavy (non-hydrogen) atoms. The number of carbonyl (C=O) groups is 4. The third-order valence-electron chi connectivity index (χ3n) is 7.01. The molecule has 2 aliphatic carbocycles. The zero-order valence-electron chi connectivity index (χ0n) is 19.3. The number of nitrogens with one attached hydrogen (secondary N) is 3. The molecule has 4 unspecified atom stereocenters. The van der Waals surface area contributed by atoms with Crippen LogP contribution in [0.25, 0.3) is 11.1 Å². The highest BCUT2D eigenvalue weighted by Crippen LogP contribution is 2.46. The minimum absolute atomic E-state index is 0.205. The second-order valence-electron chi connectivity index (χ2n) is 9.71. The Balaban J connectivity index is 1.31. The molecule has 12 heteroatoms. The fourth-order valence-corrected chi connectivity index (χ4v) is 5.23. The maximum atomic E-state index is 12.4. The van der Waals surface area contributed by atoms with Crippen LogP contribution < -0.4 is 26.4 Å². The van der Waals surface area contributed by atoms with E-state index in [2.05, 4.69) is 25.9 Å². The monoisotopic (exact) mass is 490 g/mol. The number of benzene rings is 1. The van der Waals surface area contributed by atoms with Crippen LogP contribution in [0.5, 0.6) is 5.75 Å². The van der Waals surface area contributed by atoms with Gasteiger partial charge in [-0.05, 0) is 38.5 Å². The van der Waals surface area contributed by atoms with E-state index >= 15 is 0 Å². The van der Waals surface area contributed by atoms with Gasteiger partial charge in [-0.25, -0.2) is 4.98 Å². The van der Waals surface area contributed by atoms with Gasteiger partial charge >= 0.3 is 0 Å². The van der Waals surface area contributed by atoms with Crippen LogP contribution in [0.3, 0.4) is 0 Å². The van der Waals surface area contributed by atoms with Gasteiger partial charge in [0.15, 0.2) is 17.0 Å². The lowest BCUT2D eigenvalue weighted by molar-refractivity contribution is -0.142. The number of fused-ring (bicyclic) bond motifs is 4. The lowest BCUT2D eigenvalue weighted by Crippen LogP contribution is -2.49. The predicted molar refractivity (Wildman–Crippen MR) is 127 cm³/mol. The van der Waals surface area contributed by atoms with Crippen LogP contribution in [0.4, 0.5) is 23.1 Å². The van der Waals surface area contributed by atoms with E-state index in [-0.39, 0.29) is 24.1 Å². The van der Waals surface area contributed by atoms with Crippen LogP contribution in [-0.4, -0.2) is 45.0 Å². The summed E-state index contributed by atoms with van der Waals surface area (Å²) in [5.41, 5.74) is 6.51. The van der Waals surface area contributed by atoms with Gasteiger partial charge in [0, 0.05) is 23.6 Å². The van der Waals surface area contributed by atoms with Crippen LogP contribution in [0.1, 0.15) is 20.3 Å². The molecule has 3 aromatic rings. The minimum Gasteiger partial charge on any atom is -0.476 e. The van der Waals surface area contributed by atoms with Crippen LogP contribution in [0.2, 0.25) is 0 Å². The number of aromatic nitrogens is 2. The van der Waals surface area contributed by atoms with Crippen molar-refractivity contribution in [3.05, 3.63) is 30.5 Å². The van der Waals surface area contributed by atoms with Gasteiger partial charge in [0.25, 0.3) is 5.91 Å². The number of hydrogen-bond acceptors (Lipinski definition) is 10. The van der Waals surface area contributed by atoms with E-state index in [9.17, 15) is 19.2 Å². The SMILES string of the molecule is CC1(C)Oc2ccc(Nc3nc(NC4C5CC(C(=O)C5=O)C4C(N)=O)c4occc4n3)cc2NC1=O. The lowest BCUT2D eigenvalue weighted by atomic mass is 9.82. The summed E-state index contributed by atoms with van der Waals surface area (Å²) in [5, 5.41) is 9.06. The normalized spacial score (nSPS) is 25.9. The molecule has 2 saturated carbocycles. The average Bonchev–Trinajstić information content (AvgIpc) is 3.50. The number of amides is 2. The van der Waals surface area contributed by atoms with Gasteiger partial charge in [-0.2, -0.15) is 4.98 Å². The van der Waals surface area contributed by atoms with Gasteiger partial charge in [-0.15, -0.1) is 0 Å². The Bertz CT molecular complexity index is 1480. The number of ether oxygens (including phenoxy) is 1. The highest BCUT2D eigenvalue weighted by molar-refractivity contribution is 6.42. The third kappa shape index (κ3) is 3.28. The van der Waals surface area contributed by atoms with Crippen molar-refractivity contribution in [2.75, 3.05) is 16.0 Å². The van der Waals surface area contributed by atoms with E-state index in [0.29, 0.717) is 28.2 Å². The van der Waals surface area contributed by atoms with Crippen LogP contribution in [-0.2, 0) is 19.2 Å². The molecular formula is C24H22N6O6. The first-order valence-electron chi connectivity index (χ1n) is 11.4. The van der Waals surface area contributed by atoms with E-state index in [4.69, 9.17) is 14.9 Å². The molecule has 12 nitrogen and oxygen atoms in total. The minimum atomic E-state index is -0.980. The molecule has 6 rings (SSSR count). The smallest absolute Gasteiger partial charge is 0.268 e. The number of hydrogen-bond donors (Lipinski definition) is 4. The van der Waals surface area contributed by atoms with Crippen molar-refractivity contribution in [3.63, 3.8) is 0 Å². The first kappa shape index (κ1) is 22.0. The molecule has 0 spiro atoms. The standard InChI is InChI=1S/C24H22N6O6/c1-24(2)22(34)27-13-7-9(3-4-14(13)36-24)26-23-28-12-5-6-35-19(12)21(30-23)29-16-11-8-10(15(16)20(25)33)17(31)18(11)32/h3-7,10-11,15-16H,8H2,1-2H3,(H2,25,33)(H,27,34)(H2,26,28,29,30). The molecule has 3 aliphatic rings. The largest absolute Gasteiger partial charge is 0.476 e. The number of primary amides is 1. The van der Waals surface area contributed by atoms with Gasteiger partial charge in [-0.1, -0.05) is 0 Å². The van der Waals surface area contributed by atoms with E-state index in [1.807, 2.05) is 0 Å². The molecule has 184 valence electrons. The number of furan rings is 1. The topological polar surface area (TPSA) is 179 Å². The highest BCUT2D eigenvalue weighted by atomic mass is 16.5. The molecule has 5 N–H and O–H groups in total. The molecule has 0 saturated heterocycles. The molecular weight excluding hydrogens is 468 g/mol. The Labute approximate surface area is 204 Å². The summed E-state index contributed by atoms with van der Waals surface area (Å²) in [6.45, 7) is 3.37. The molecule has 2 bridgehead atoms. The van der Waals surface area contributed by atoms with Crippen LogP contribution >= 0.6 is 0 Å². The number of ketones is 2. The summed E-state index contributed by atoms with van der Waals surface area (Å²) in [6, 6.07) is 6.14. The van der Waals surface area contributed by atoms with Crippen LogP contribution in [0.15, 0.2) is 34.9 Å². The van der Waals surface area contributed by atoms with E-state index in [0.717, 1.165) is 0 Å². The molecule has 2 amide bonds. The van der Waals surface area contributed by atoms with Crippen molar-refractivity contribution in [1.82, 2.24) is 9.97 Å². The summed E-state index contributed by atoms with van der Waals surface area (Å²) in [7, 11) is 0. The first-order chi connectivity index (χ1) is 17.1. The van der Waals surface area contributed by atoms with Gasteiger partial charge in [0.1, 0.15) is 11.3 Å². The Kier molecular flexibility index (Phi) is 4.59. The number of Topliss-reactive ketones (excluding diaryl/α,β-unsaturated/α-hetero) is 2. The zero-order chi connectivity index (χ0) is 25.4. The van der Waals surface area contributed by atoms with E-state index < -0.39 is 46.9 Å². The van der Waals surface area contributed by atoms with Gasteiger partial charge in [-0.3, -0.25) is 19.2 Å². The number of carbonyl (C=O) groups excluding carboxylic acids is 4. The van der Waals surface area contributed by atoms with Crippen molar-refractivity contribution < 1.29 is 28.3 Å². The molecule has 2 fully saturated rings. The molecule has 2 aromatic heterocycles. The molecule has 4 atom stereocenters. The highest BCUT2D eigenvalue weighted by Gasteiger charge is 2.60. The van der Waals surface area contributed by atoms with Crippen LogP contribution in [0, 0.1) is 17.8 Å². The summed E-state index contributed by atoms with van der Waals surface area (Å²) < 4.78 is 11.3. The van der Waals surface area contributed by atoms with Gasteiger partial charge in [0.2, 0.25) is 23.4 Å². The fourth-order valence-electron chi connectivity index (χ4n) is 5.23. The van der Waals surface area contributed by atoms with Gasteiger partial charge in [0.05, 0.1) is 23.9 Å². The van der Waals surface area contributed by atoms with Crippen molar-refractivity contribution in [3.8, 4) is 5.75 Å². The van der Waals surface area contributed by atoms with E-state index in [1.165, 1.54) is 6.26 Å². The van der Waals surface area contributed by atoms with Gasteiger partial charge < -0.3 is 30.8 Å².